The van der Waals surface area contributed by atoms with E-state index in [0.29, 0.717) is 24.5 Å². The fourth-order valence-electron chi connectivity index (χ4n) is 6.47. The van der Waals surface area contributed by atoms with E-state index in [2.05, 4.69) is 39.8 Å². The molecule has 3 aromatic carbocycles. The van der Waals surface area contributed by atoms with E-state index in [9.17, 15) is 9.18 Å². The first kappa shape index (κ1) is 28.5. The van der Waals surface area contributed by atoms with Crippen molar-refractivity contribution in [3.8, 4) is 22.6 Å². The Labute approximate surface area is 241 Å². The van der Waals surface area contributed by atoms with E-state index in [-0.39, 0.29) is 39.8 Å². The van der Waals surface area contributed by atoms with Crippen LogP contribution in [0, 0.1) is 23.1 Å². The van der Waals surface area contributed by atoms with Gasteiger partial charge in [0.05, 0.1) is 25.0 Å². The summed E-state index contributed by atoms with van der Waals surface area (Å²) in [5.41, 5.74) is 5.08. The van der Waals surface area contributed by atoms with Crippen LogP contribution in [0.5, 0.6) is 11.5 Å². The molecule has 4 atom stereocenters. The van der Waals surface area contributed by atoms with E-state index in [1.807, 2.05) is 31.2 Å². The van der Waals surface area contributed by atoms with Gasteiger partial charge in [0.2, 0.25) is 0 Å². The summed E-state index contributed by atoms with van der Waals surface area (Å²) in [4.78, 5) is 12.6. The van der Waals surface area contributed by atoms with Crippen molar-refractivity contribution in [2.45, 2.75) is 64.9 Å². The Morgan fingerprint density at radius 1 is 1.07 bits per heavy atom. The molecule has 0 amide bonds. The molecule has 5 rings (SSSR count). The van der Waals surface area contributed by atoms with Crippen LogP contribution in [-0.2, 0) is 28.0 Å². The van der Waals surface area contributed by atoms with Gasteiger partial charge in [0.15, 0.2) is 0 Å². The second kappa shape index (κ2) is 10.7. The smallest absolute Gasteiger partial charge is 0.310 e. The summed E-state index contributed by atoms with van der Waals surface area (Å²) in [5, 5.41) is -0.357. The normalized spacial score (nSPS) is 22.1. The van der Waals surface area contributed by atoms with Gasteiger partial charge in [-0.15, -0.1) is 11.6 Å². The molecule has 0 aliphatic heterocycles. The number of carbonyl (C=O) groups is 1. The second-order valence-corrected chi connectivity index (χ2v) is 12.6. The number of hydrogen-bond acceptors (Lipinski definition) is 4. The highest BCUT2D eigenvalue weighted by Crippen LogP contribution is 2.66. The monoisotopic (exact) mass is 564 g/mol. The van der Waals surface area contributed by atoms with E-state index in [1.165, 1.54) is 17.2 Å². The summed E-state index contributed by atoms with van der Waals surface area (Å²) in [6, 6.07) is 16.9. The van der Waals surface area contributed by atoms with Crippen LogP contribution in [0.1, 0.15) is 68.7 Å². The van der Waals surface area contributed by atoms with Crippen molar-refractivity contribution in [1.82, 2.24) is 0 Å². The highest BCUT2D eigenvalue weighted by molar-refractivity contribution is 6.21. The molecular formula is C34H38ClFO4. The van der Waals surface area contributed by atoms with Gasteiger partial charge in [0.1, 0.15) is 23.9 Å². The molecule has 0 aromatic heterocycles. The van der Waals surface area contributed by atoms with Gasteiger partial charge in [-0.2, -0.15) is 0 Å². The van der Waals surface area contributed by atoms with Crippen molar-refractivity contribution >= 4 is 17.6 Å². The summed E-state index contributed by atoms with van der Waals surface area (Å²) in [7, 11) is 1.57. The van der Waals surface area contributed by atoms with Gasteiger partial charge in [-0.3, -0.25) is 4.79 Å². The Balaban J connectivity index is 1.42. The third-order valence-electron chi connectivity index (χ3n) is 8.71. The van der Waals surface area contributed by atoms with Crippen molar-refractivity contribution < 1.29 is 23.4 Å². The molecule has 40 heavy (non-hydrogen) atoms. The highest BCUT2D eigenvalue weighted by Gasteiger charge is 2.68. The van der Waals surface area contributed by atoms with Crippen LogP contribution in [0.2, 0.25) is 0 Å². The molecule has 0 saturated heterocycles. The van der Waals surface area contributed by atoms with Crippen molar-refractivity contribution in [1.29, 1.82) is 0 Å². The number of carbonyl (C=O) groups excluding carboxylic acids is 1. The Kier molecular flexibility index (Phi) is 7.64. The fraction of sp³-hybridized carbons (Fsp3) is 0.441. The van der Waals surface area contributed by atoms with Crippen LogP contribution in [-0.4, -0.2) is 19.7 Å². The lowest BCUT2D eigenvalue weighted by Crippen LogP contribution is -2.15. The molecule has 4 unspecified atom stereocenters. The largest absolute Gasteiger partial charge is 0.497 e. The predicted molar refractivity (Wildman–Crippen MR) is 156 cm³/mol. The Bertz CT molecular complexity index is 1430. The number of halogens is 2. The zero-order chi connectivity index (χ0) is 28.8. The van der Waals surface area contributed by atoms with Crippen LogP contribution in [0.15, 0.2) is 54.6 Å². The van der Waals surface area contributed by atoms with E-state index < -0.39 is 0 Å². The highest BCUT2D eigenvalue weighted by atomic mass is 35.5. The molecule has 6 heteroatoms. The number of aryl methyl sites for hydroxylation is 1. The minimum atomic E-state index is -0.357. The van der Waals surface area contributed by atoms with Gasteiger partial charge in [-0.25, -0.2) is 4.39 Å². The standard InChI is InChI=1S/C34H38ClFO4/c1-7-39-32(37)30-20(2)34(30)15-14-22-9-10-24(18-28(22)34)40-19-21-8-12-25(27(16-21)31(35)33(3,4)5)26-17-23(38-6)11-13-29(26)36/h8-13,16-18,20,30-31H,7,14-15,19H2,1-6H3. The van der Waals surface area contributed by atoms with Gasteiger partial charge in [0, 0.05) is 11.0 Å². The van der Waals surface area contributed by atoms with E-state index in [1.54, 1.807) is 19.2 Å². The zero-order valence-electron chi connectivity index (χ0n) is 24.1. The van der Waals surface area contributed by atoms with Gasteiger partial charge in [-0.1, -0.05) is 52.0 Å². The number of esters is 1. The number of rotatable bonds is 8. The van der Waals surface area contributed by atoms with E-state index in [4.69, 9.17) is 25.8 Å². The first-order chi connectivity index (χ1) is 19.0. The van der Waals surface area contributed by atoms with Crippen molar-refractivity contribution in [2.75, 3.05) is 13.7 Å². The second-order valence-electron chi connectivity index (χ2n) is 12.2. The molecule has 3 aromatic rings. The van der Waals surface area contributed by atoms with Crippen molar-refractivity contribution in [2.24, 2.45) is 17.3 Å². The van der Waals surface area contributed by atoms with Crippen molar-refractivity contribution in [3.05, 3.63) is 82.7 Å². The first-order valence-corrected chi connectivity index (χ1v) is 14.5. The molecular weight excluding hydrogens is 527 g/mol. The summed E-state index contributed by atoms with van der Waals surface area (Å²) in [5.74, 6) is 1.10. The third-order valence-corrected chi connectivity index (χ3v) is 9.60. The predicted octanol–water partition coefficient (Wildman–Crippen LogP) is 8.42. The van der Waals surface area contributed by atoms with Crippen LogP contribution in [0.4, 0.5) is 4.39 Å². The Hall–Kier alpha value is -3.05. The number of benzene rings is 3. The Morgan fingerprint density at radius 2 is 1.82 bits per heavy atom. The molecule has 4 nitrogen and oxygen atoms in total. The molecule has 2 aliphatic rings. The minimum absolute atomic E-state index is 0.0888. The molecule has 1 saturated carbocycles. The van der Waals surface area contributed by atoms with Gasteiger partial charge >= 0.3 is 5.97 Å². The molecule has 0 heterocycles. The fourth-order valence-corrected chi connectivity index (χ4v) is 6.65. The molecule has 0 radical (unpaired) electrons. The van der Waals surface area contributed by atoms with Crippen LogP contribution >= 0.6 is 11.6 Å². The number of methoxy groups -OCH3 is 1. The summed E-state index contributed by atoms with van der Waals surface area (Å²) >= 11 is 7.00. The average molecular weight is 565 g/mol. The van der Waals surface area contributed by atoms with E-state index in [0.717, 1.165) is 35.3 Å². The van der Waals surface area contributed by atoms with Crippen LogP contribution in [0.25, 0.3) is 11.1 Å². The number of fused-ring (bicyclic) bond motifs is 2. The topological polar surface area (TPSA) is 44.8 Å². The number of ether oxygens (including phenoxy) is 3. The molecule has 2 aliphatic carbocycles. The lowest BCUT2D eigenvalue weighted by atomic mass is 9.83. The van der Waals surface area contributed by atoms with Gasteiger partial charge in [0.25, 0.3) is 0 Å². The SMILES string of the molecule is CCOC(=O)C1C(C)C12CCc1ccc(OCc3ccc(-c4cc(OC)ccc4F)c(C(Cl)C(C)(C)C)c3)cc12. The summed E-state index contributed by atoms with van der Waals surface area (Å²) in [6.07, 6.45) is 1.93. The molecule has 0 N–H and O–H groups in total. The first-order valence-electron chi connectivity index (χ1n) is 14.0. The van der Waals surface area contributed by atoms with E-state index >= 15 is 0 Å². The lowest BCUT2D eigenvalue weighted by molar-refractivity contribution is -0.145. The summed E-state index contributed by atoms with van der Waals surface area (Å²) < 4.78 is 32.0. The zero-order valence-corrected chi connectivity index (χ0v) is 24.9. The quantitative estimate of drug-likeness (QED) is 0.203. The van der Waals surface area contributed by atoms with Gasteiger partial charge in [-0.05, 0) is 89.2 Å². The van der Waals surface area contributed by atoms with Crippen LogP contribution in [0.3, 0.4) is 0 Å². The maximum atomic E-state index is 15.0. The maximum absolute atomic E-state index is 15.0. The lowest BCUT2D eigenvalue weighted by Gasteiger charge is -2.28. The number of alkyl halides is 1. The molecule has 0 bridgehead atoms. The van der Waals surface area contributed by atoms with Crippen molar-refractivity contribution in [3.63, 3.8) is 0 Å². The summed E-state index contributed by atoms with van der Waals surface area (Å²) in [6.45, 7) is 11.0. The average Bonchev–Trinajstić information content (AvgIpc) is 3.35. The third kappa shape index (κ3) is 4.98. The molecule has 212 valence electrons. The molecule has 1 spiro atoms. The van der Waals surface area contributed by atoms with Gasteiger partial charge < -0.3 is 14.2 Å². The maximum Gasteiger partial charge on any atom is 0.310 e. The minimum Gasteiger partial charge on any atom is -0.497 e. The van der Waals surface area contributed by atoms with Crippen LogP contribution < -0.4 is 9.47 Å². The molecule has 1 fully saturated rings. The number of hydrogen-bond donors (Lipinski definition) is 0. The Morgan fingerprint density at radius 3 is 2.52 bits per heavy atom.